The summed E-state index contributed by atoms with van der Waals surface area (Å²) < 4.78 is 5.66. The van der Waals surface area contributed by atoms with Crippen LogP contribution in [0.3, 0.4) is 0 Å². The zero-order valence-electron chi connectivity index (χ0n) is 11.6. The summed E-state index contributed by atoms with van der Waals surface area (Å²) in [6, 6.07) is 13.6. The van der Waals surface area contributed by atoms with E-state index < -0.39 is 0 Å². The molecule has 0 aliphatic heterocycles. The average Bonchev–Trinajstić information content (AvgIpc) is 2.50. The van der Waals surface area contributed by atoms with Crippen LogP contribution in [0.5, 0.6) is 11.5 Å². The summed E-state index contributed by atoms with van der Waals surface area (Å²) in [5.74, 6) is 0.777. The molecule has 5 heteroatoms. The van der Waals surface area contributed by atoms with Gasteiger partial charge in [0, 0.05) is 12.1 Å². The molecule has 0 aliphatic rings. The molecule has 2 aromatic rings. The molecule has 0 unspecified atom stereocenters. The number of anilines is 1. The summed E-state index contributed by atoms with van der Waals surface area (Å²) in [6.07, 6.45) is 0. The molecule has 0 radical (unpaired) electrons. The Labute approximate surface area is 123 Å². The maximum absolute atomic E-state index is 11.8. The minimum atomic E-state index is -0.179. The third kappa shape index (κ3) is 3.51. The van der Waals surface area contributed by atoms with Crippen LogP contribution in [0, 0.1) is 11.3 Å². The SMILES string of the molecule is CCNC(=O)c1ccc(N)c(Oc2ccc(C#N)cc2)c1. The number of carbonyl (C=O) groups excluding carboxylic acids is 1. The van der Waals surface area contributed by atoms with Crippen molar-refractivity contribution in [1.29, 1.82) is 5.26 Å². The molecule has 0 atom stereocenters. The van der Waals surface area contributed by atoms with Crippen LogP contribution in [0.4, 0.5) is 5.69 Å². The van der Waals surface area contributed by atoms with Gasteiger partial charge in [-0.2, -0.15) is 5.26 Å². The second-order valence-corrected chi connectivity index (χ2v) is 4.35. The van der Waals surface area contributed by atoms with Gasteiger partial charge >= 0.3 is 0 Å². The van der Waals surface area contributed by atoms with E-state index in [0.717, 1.165) is 0 Å². The van der Waals surface area contributed by atoms with E-state index in [9.17, 15) is 4.79 Å². The summed E-state index contributed by atoms with van der Waals surface area (Å²) >= 11 is 0. The smallest absolute Gasteiger partial charge is 0.251 e. The fraction of sp³-hybridized carbons (Fsp3) is 0.125. The number of rotatable bonds is 4. The van der Waals surface area contributed by atoms with Crippen LogP contribution in [0.1, 0.15) is 22.8 Å². The number of carbonyl (C=O) groups is 1. The Kier molecular flexibility index (Phi) is 4.42. The Balaban J connectivity index is 2.24. The van der Waals surface area contributed by atoms with Crippen molar-refractivity contribution >= 4 is 11.6 Å². The highest BCUT2D eigenvalue weighted by Crippen LogP contribution is 2.28. The van der Waals surface area contributed by atoms with Crippen molar-refractivity contribution in [3.05, 3.63) is 53.6 Å². The van der Waals surface area contributed by atoms with Gasteiger partial charge < -0.3 is 15.8 Å². The van der Waals surface area contributed by atoms with E-state index in [1.807, 2.05) is 13.0 Å². The van der Waals surface area contributed by atoms with E-state index in [0.29, 0.717) is 34.9 Å². The largest absolute Gasteiger partial charge is 0.455 e. The molecule has 0 aromatic heterocycles. The van der Waals surface area contributed by atoms with Gasteiger partial charge in [-0.15, -0.1) is 0 Å². The predicted molar refractivity (Wildman–Crippen MR) is 80.1 cm³/mol. The Hall–Kier alpha value is -3.00. The number of nitrogen functional groups attached to an aromatic ring is 1. The van der Waals surface area contributed by atoms with Gasteiger partial charge in [-0.1, -0.05) is 0 Å². The number of ether oxygens (including phenoxy) is 1. The van der Waals surface area contributed by atoms with E-state index in [4.69, 9.17) is 15.7 Å². The van der Waals surface area contributed by atoms with Crippen LogP contribution in [0.2, 0.25) is 0 Å². The fourth-order valence-electron chi connectivity index (χ4n) is 1.75. The highest BCUT2D eigenvalue weighted by Gasteiger charge is 2.09. The van der Waals surface area contributed by atoms with E-state index in [-0.39, 0.29) is 5.91 Å². The van der Waals surface area contributed by atoms with Gasteiger partial charge in [-0.3, -0.25) is 4.79 Å². The van der Waals surface area contributed by atoms with Crippen LogP contribution >= 0.6 is 0 Å². The maximum Gasteiger partial charge on any atom is 0.251 e. The highest BCUT2D eigenvalue weighted by molar-refractivity contribution is 5.95. The first-order valence-electron chi connectivity index (χ1n) is 6.49. The summed E-state index contributed by atoms with van der Waals surface area (Å²) in [4.78, 5) is 11.8. The summed E-state index contributed by atoms with van der Waals surface area (Å²) in [5.41, 5.74) is 7.32. The molecule has 0 heterocycles. The predicted octanol–water partition coefficient (Wildman–Crippen LogP) is 2.68. The van der Waals surface area contributed by atoms with Gasteiger partial charge in [0.25, 0.3) is 5.91 Å². The van der Waals surface area contributed by atoms with Crippen LogP contribution < -0.4 is 15.8 Å². The Morgan fingerprint density at radius 2 is 2.00 bits per heavy atom. The lowest BCUT2D eigenvalue weighted by molar-refractivity contribution is 0.0955. The molecule has 2 rings (SSSR count). The second-order valence-electron chi connectivity index (χ2n) is 4.35. The molecule has 0 fully saturated rings. The Morgan fingerprint density at radius 3 is 2.62 bits per heavy atom. The molecule has 0 saturated heterocycles. The molecule has 2 aromatic carbocycles. The van der Waals surface area contributed by atoms with Crippen molar-refractivity contribution in [2.45, 2.75) is 6.92 Å². The lowest BCUT2D eigenvalue weighted by Crippen LogP contribution is -2.22. The van der Waals surface area contributed by atoms with Gasteiger partial charge in [0.2, 0.25) is 0 Å². The van der Waals surface area contributed by atoms with E-state index in [1.54, 1.807) is 42.5 Å². The molecule has 3 N–H and O–H groups in total. The number of nitrogens with two attached hydrogens (primary N) is 1. The number of hydrogen-bond acceptors (Lipinski definition) is 4. The fourth-order valence-corrected chi connectivity index (χ4v) is 1.75. The minimum absolute atomic E-state index is 0.179. The summed E-state index contributed by atoms with van der Waals surface area (Å²) in [6.45, 7) is 2.40. The molecule has 5 nitrogen and oxygen atoms in total. The number of nitrogens with zero attached hydrogens (tertiary/aromatic N) is 1. The van der Waals surface area contributed by atoms with Gasteiger partial charge in [0.15, 0.2) is 5.75 Å². The highest BCUT2D eigenvalue weighted by atomic mass is 16.5. The molecule has 1 amide bonds. The normalized spacial score (nSPS) is 9.71. The van der Waals surface area contributed by atoms with E-state index in [1.165, 1.54) is 0 Å². The maximum atomic E-state index is 11.8. The van der Waals surface area contributed by atoms with Crippen molar-refractivity contribution < 1.29 is 9.53 Å². The molecular weight excluding hydrogens is 266 g/mol. The van der Waals surface area contributed by atoms with Crippen molar-refractivity contribution in [3.63, 3.8) is 0 Å². The molecule has 106 valence electrons. The number of nitriles is 1. The van der Waals surface area contributed by atoms with Gasteiger partial charge in [0.1, 0.15) is 5.75 Å². The molecule has 21 heavy (non-hydrogen) atoms. The molecule has 0 bridgehead atoms. The van der Waals surface area contributed by atoms with Gasteiger partial charge in [-0.05, 0) is 49.4 Å². The first kappa shape index (κ1) is 14.4. The zero-order valence-corrected chi connectivity index (χ0v) is 11.6. The number of amides is 1. The molecule has 0 saturated carbocycles. The third-order valence-electron chi connectivity index (χ3n) is 2.82. The monoisotopic (exact) mass is 281 g/mol. The second kappa shape index (κ2) is 6.44. The molecule has 0 spiro atoms. The van der Waals surface area contributed by atoms with Crippen molar-refractivity contribution in [1.82, 2.24) is 5.32 Å². The first-order chi connectivity index (χ1) is 10.1. The summed E-state index contributed by atoms with van der Waals surface area (Å²) in [5, 5.41) is 11.5. The Morgan fingerprint density at radius 1 is 1.29 bits per heavy atom. The van der Waals surface area contributed by atoms with E-state index >= 15 is 0 Å². The van der Waals surface area contributed by atoms with Gasteiger partial charge in [-0.25, -0.2) is 0 Å². The van der Waals surface area contributed by atoms with Crippen LogP contribution in [-0.2, 0) is 0 Å². The lowest BCUT2D eigenvalue weighted by Gasteiger charge is -2.10. The first-order valence-corrected chi connectivity index (χ1v) is 6.49. The number of nitrogens with one attached hydrogen (secondary N) is 1. The van der Waals surface area contributed by atoms with Crippen LogP contribution in [0.15, 0.2) is 42.5 Å². The van der Waals surface area contributed by atoms with Crippen LogP contribution in [0.25, 0.3) is 0 Å². The lowest BCUT2D eigenvalue weighted by atomic mass is 10.1. The van der Waals surface area contributed by atoms with Crippen molar-refractivity contribution in [2.75, 3.05) is 12.3 Å². The molecule has 0 aliphatic carbocycles. The van der Waals surface area contributed by atoms with Crippen molar-refractivity contribution in [3.8, 4) is 17.6 Å². The standard InChI is InChI=1S/C16H15N3O2/c1-2-19-16(20)12-5-8-14(18)15(9-12)21-13-6-3-11(10-17)4-7-13/h3-9H,2,18H2,1H3,(H,19,20). The van der Waals surface area contributed by atoms with Crippen molar-refractivity contribution in [2.24, 2.45) is 0 Å². The Bertz CT molecular complexity index is 688. The molecular formula is C16H15N3O2. The quantitative estimate of drug-likeness (QED) is 0.843. The van der Waals surface area contributed by atoms with Crippen LogP contribution in [-0.4, -0.2) is 12.5 Å². The average molecular weight is 281 g/mol. The minimum Gasteiger partial charge on any atom is -0.455 e. The topological polar surface area (TPSA) is 88.1 Å². The number of benzene rings is 2. The third-order valence-corrected chi connectivity index (χ3v) is 2.82. The van der Waals surface area contributed by atoms with E-state index in [2.05, 4.69) is 5.32 Å². The van der Waals surface area contributed by atoms with Gasteiger partial charge in [0.05, 0.1) is 17.3 Å². The zero-order chi connectivity index (χ0) is 15.2. The number of hydrogen-bond donors (Lipinski definition) is 2. The summed E-state index contributed by atoms with van der Waals surface area (Å²) in [7, 11) is 0.